The molecular formula is C25H34ClN7O6S. The van der Waals surface area contributed by atoms with Crippen LogP contribution < -0.4 is 19.5 Å². The van der Waals surface area contributed by atoms with Crippen molar-refractivity contribution in [2.24, 2.45) is 9.98 Å². The van der Waals surface area contributed by atoms with Gasteiger partial charge in [-0.3, -0.25) is 14.1 Å². The molecule has 2 heterocycles. The fraction of sp³-hybridized carbons (Fsp3) is 0.480. The highest BCUT2D eigenvalue weighted by atomic mass is 35.5. The molecule has 1 amide bonds. The predicted molar refractivity (Wildman–Crippen MR) is 153 cm³/mol. The van der Waals surface area contributed by atoms with Crippen molar-refractivity contribution in [2.45, 2.75) is 64.0 Å². The number of para-hydroxylation sites is 1. The SMILES string of the molecule is C=NC(=N/C=C(\C)Cl)[C@H](OC(C)C)[C@H](C)S(=O)(=O)Nc1nnc([C@@H]2CCC(=O)N2)n1-c1c(OC)cccc1OC. The number of rotatable bonds is 12. The summed E-state index contributed by atoms with van der Waals surface area (Å²) in [5.74, 6) is 0.776. The van der Waals surface area contributed by atoms with E-state index in [2.05, 4.69) is 36.9 Å². The molecule has 2 aromatic rings. The van der Waals surface area contributed by atoms with Gasteiger partial charge in [-0.25, -0.2) is 18.4 Å². The average molecular weight is 596 g/mol. The van der Waals surface area contributed by atoms with Crippen LogP contribution >= 0.6 is 11.6 Å². The summed E-state index contributed by atoms with van der Waals surface area (Å²) < 4.78 is 48.6. The second-order valence-corrected chi connectivity index (χ2v) is 11.8. The number of sulfonamides is 1. The lowest BCUT2D eigenvalue weighted by Gasteiger charge is -2.26. The lowest BCUT2D eigenvalue weighted by Crippen LogP contribution is -2.43. The number of halogens is 1. The van der Waals surface area contributed by atoms with Crippen LogP contribution in [0.25, 0.3) is 5.69 Å². The number of carbonyl (C=O) groups is 1. The van der Waals surface area contributed by atoms with Crippen LogP contribution in [-0.4, -0.2) is 73.3 Å². The zero-order valence-corrected chi connectivity index (χ0v) is 24.8. The zero-order chi connectivity index (χ0) is 29.6. The number of anilines is 1. The highest BCUT2D eigenvalue weighted by Gasteiger charge is 2.37. The van der Waals surface area contributed by atoms with Crippen molar-refractivity contribution < 1.29 is 27.4 Å². The number of ether oxygens (including phenoxy) is 3. The minimum Gasteiger partial charge on any atom is -0.494 e. The third-order valence-corrected chi connectivity index (χ3v) is 7.77. The minimum atomic E-state index is -4.23. The molecule has 2 N–H and O–H groups in total. The van der Waals surface area contributed by atoms with Gasteiger partial charge in [0.2, 0.25) is 21.9 Å². The van der Waals surface area contributed by atoms with E-state index in [9.17, 15) is 13.2 Å². The Hall–Kier alpha value is -3.49. The molecule has 0 saturated carbocycles. The topological polar surface area (TPSA) is 158 Å². The number of carbonyl (C=O) groups excluding carboxylic acids is 1. The van der Waals surface area contributed by atoms with E-state index >= 15 is 0 Å². The molecule has 218 valence electrons. The standard InChI is InChI=1S/C25H34ClN7O6S/c1-14(2)39-22(23(27-5)28-13-15(3)26)16(4)40(35,36)32-25-31-30-24(17-11-12-20(34)29-17)33(25)21-18(37-6)9-8-10-19(21)38-7/h8-10,13-14,16-17,22H,5,11-12H2,1-4,6-7H3,(H,29,34)(H,31,32)/b15-13+,28-23?/t16-,17-,22+/m0/s1. The first-order chi connectivity index (χ1) is 18.9. The van der Waals surface area contributed by atoms with Crippen molar-refractivity contribution in [3.05, 3.63) is 35.3 Å². The van der Waals surface area contributed by atoms with E-state index in [1.54, 1.807) is 39.0 Å². The lowest BCUT2D eigenvalue weighted by molar-refractivity contribution is -0.119. The number of hydrogen-bond donors (Lipinski definition) is 2. The fourth-order valence-electron chi connectivity index (χ4n) is 4.09. The van der Waals surface area contributed by atoms with E-state index in [0.717, 1.165) is 0 Å². The van der Waals surface area contributed by atoms with Gasteiger partial charge in [0.1, 0.15) is 28.5 Å². The number of amides is 1. The Morgan fingerprint density at radius 3 is 2.40 bits per heavy atom. The predicted octanol–water partition coefficient (Wildman–Crippen LogP) is 3.36. The van der Waals surface area contributed by atoms with E-state index in [0.29, 0.717) is 40.9 Å². The molecule has 0 radical (unpaired) electrons. The monoisotopic (exact) mass is 595 g/mol. The quantitative estimate of drug-likeness (QED) is 0.279. The molecule has 0 bridgehead atoms. The van der Waals surface area contributed by atoms with E-state index in [1.807, 2.05) is 0 Å². The summed E-state index contributed by atoms with van der Waals surface area (Å²) in [4.78, 5) is 20.1. The summed E-state index contributed by atoms with van der Waals surface area (Å²) in [6.07, 6.45) is 0.602. The van der Waals surface area contributed by atoms with Gasteiger partial charge in [0.15, 0.2) is 11.7 Å². The molecule has 40 heavy (non-hydrogen) atoms. The molecule has 1 saturated heterocycles. The Morgan fingerprint density at radius 2 is 1.90 bits per heavy atom. The van der Waals surface area contributed by atoms with Gasteiger partial charge in [0.25, 0.3) is 0 Å². The number of aromatic nitrogens is 3. The summed E-state index contributed by atoms with van der Waals surface area (Å²) in [6.45, 7) is 10.1. The van der Waals surface area contributed by atoms with Gasteiger partial charge >= 0.3 is 0 Å². The number of nitrogens with one attached hydrogen (secondary N) is 2. The number of benzene rings is 1. The van der Waals surface area contributed by atoms with Crippen LogP contribution in [0.1, 0.15) is 52.4 Å². The first-order valence-corrected chi connectivity index (χ1v) is 14.4. The number of methoxy groups -OCH3 is 2. The Bertz CT molecular complexity index is 1380. The molecule has 1 aromatic carbocycles. The largest absolute Gasteiger partial charge is 0.494 e. The number of allylic oxidation sites excluding steroid dienone is 1. The Morgan fingerprint density at radius 1 is 1.25 bits per heavy atom. The molecule has 13 nitrogen and oxygen atoms in total. The second kappa shape index (κ2) is 13.2. The average Bonchev–Trinajstić information content (AvgIpc) is 3.52. The van der Waals surface area contributed by atoms with Gasteiger partial charge in [-0.2, -0.15) is 0 Å². The van der Waals surface area contributed by atoms with Crippen molar-refractivity contribution in [2.75, 3.05) is 18.9 Å². The van der Waals surface area contributed by atoms with Gasteiger partial charge in [-0.05, 0) is 53.0 Å². The number of amidine groups is 1. The number of nitrogens with zero attached hydrogens (tertiary/aromatic N) is 5. The molecule has 0 unspecified atom stereocenters. The van der Waals surface area contributed by atoms with Crippen molar-refractivity contribution in [1.29, 1.82) is 0 Å². The van der Waals surface area contributed by atoms with Crippen LogP contribution in [0, 0.1) is 0 Å². The van der Waals surface area contributed by atoms with Crippen molar-refractivity contribution >= 4 is 46.0 Å². The van der Waals surface area contributed by atoms with Gasteiger partial charge in [-0.15, -0.1) is 10.2 Å². The summed E-state index contributed by atoms with van der Waals surface area (Å²) in [7, 11) is -1.29. The molecule has 1 fully saturated rings. The van der Waals surface area contributed by atoms with Crippen molar-refractivity contribution in [1.82, 2.24) is 20.1 Å². The summed E-state index contributed by atoms with van der Waals surface area (Å²) in [5, 5.41) is 10.4. The van der Waals surface area contributed by atoms with Gasteiger partial charge in [0, 0.05) is 17.7 Å². The van der Waals surface area contributed by atoms with E-state index < -0.39 is 27.4 Å². The molecule has 1 aliphatic heterocycles. The third-order valence-electron chi connectivity index (χ3n) is 5.98. The van der Waals surface area contributed by atoms with E-state index in [4.69, 9.17) is 25.8 Å². The van der Waals surface area contributed by atoms with Gasteiger partial charge in [-0.1, -0.05) is 17.7 Å². The second-order valence-electron chi connectivity index (χ2n) is 9.21. The molecule has 1 aliphatic rings. The molecule has 0 spiro atoms. The first-order valence-electron chi connectivity index (χ1n) is 12.4. The maximum absolute atomic E-state index is 13.8. The number of hydrogen-bond acceptors (Lipinski definition) is 9. The Balaban J connectivity index is 2.14. The minimum absolute atomic E-state index is 0.0359. The van der Waals surface area contributed by atoms with Crippen LogP contribution in [0.2, 0.25) is 0 Å². The van der Waals surface area contributed by atoms with Crippen LogP contribution in [0.15, 0.2) is 39.4 Å². The summed E-state index contributed by atoms with van der Waals surface area (Å²) in [6, 6.07) is 4.58. The zero-order valence-electron chi connectivity index (χ0n) is 23.2. The van der Waals surface area contributed by atoms with Gasteiger partial charge in [0.05, 0.1) is 26.4 Å². The lowest BCUT2D eigenvalue weighted by atomic mass is 10.2. The van der Waals surface area contributed by atoms with Crippen LogP contribution in [0.4, 0.5) is 5.95 Å². The molecule has 3 rings (SSSR count). The third kappa shape index (κ3) is 6.98. The molecule has 1 aromatic heterocycles. The van der Waals surface area contributed by atoms with Crippen molar-refractivity contribution in [3.8, 4) is 17.2 Å². The summed E-state index contributed by atoms with van der Waals surface area (Å²) >= 11 is 5.91. The highest BCUT2D eigenvalue weighted by Crippen LogP contribution is 2.38. The fourth-order valence-corrected chi connectivity index (χ4v) is 5.22. The van der Waals surface area contributed by atoms with Crippen LogP contribution in [-0.2, 0) is 19.6 Å². The first kappa shape index (κ1) is 31.0. The summed E-state index contributed by atoms with van der Waals surface area (Å²) in [5.41, 5.74) is 0.353. The molecule has 15 heteroatoms. The smallest absolute Gasteiger partial charge is 0.243 e. The van der Waals surface area contributed by atoms with E-state index in [-0.39, 0.29) is 23.8 Å². The molecular weight excluding hydrogens is 562 g/mol. The Labute approximate surface area is 238 Å². The maximum atomic E-state index is 13.8. The molecule has 3 atom stereocenters. The highest BCUT2D eigenvalue weighted by molar-refractivity contribution is 7.93. The van der Waals surface area contributed by atoms with Crippen molar-refractivity contribution in [3.63, 3.8) is 0 Å². The van der Waals surface area contributed by atoms with Crippen LogP contribution in [0.3, 0.4) is 0 Å². The normalized spacial score (nSPS) is 17.9. The van der Waals surface area contributed by atoms with Crippen LogP contribution in [0.5, 0.6) is 11.5 Å². The molecule has 0 aliphatic carbocycles. The van der Waals surface area contributed by atoms with E-state index in [1.165, 1.54) is 31.9 Å². The van der Waals surface area contributed by atoms with Gasteiger partial charge < -0.3 is 19.5 Å². The number of aliphatic imine (C=N–C) groups is 2. The Kier molecular flexibility index (Phi) is 10.3. The maximum Gasteiger partial charge on any atom is 0.243 e.